The number of ether oxygens (including phenoxy) is 2. The molecule has 1 aromatic rings. The Bertz CT molecular complexity index is 424. The molecule has 3 N–H and O–H groups in total. The Kier molecular flexibility index (Phi) is 5.74. The first-order chi connectivity index (χ1) is 8.58. The minimum atomic E-state index is -0.565. The molecule has 1 aromatic carbocycles. The molecule has 5 nitrogen and oxygen atoms in total. The summed E-state index contributed by atoms with van der Waals surface area (Å²) >= 11 is 6.09. The molecule has 0 aliphatic heterocycles. The minimum Gasteiger partial charge on any atom is -0.493 e. The van der Waals surface area contributed by atoms with E-state index in [1.807, 2.05) is 13.0 Å². The third kappa shape index (κ3) is 4.09. The smallest absolute Gasteiger partial charge is 0.255 e. The predicted molar refractivity (Wildman–Crippen MR) is 70.1 cm³/mol. The average molecular weight is 273 g/mol. The highest BCUT2D eigenvalue weighted by atomic mass is 35.5. The maximum Gasteiger partial charge on any atom is 0.255 e. The molecule has 0 saturated carbocycles. The van der Waals surface area contributed by atoms with E-state index in [1.54, 1.807) is 6.07 Å². The van der Waals surface area contributed by atoms with Gasteiger partial charge in [-0.05, 0) is 24.2 Å². The summed E-state index contributed by atoms with van der Waals surface area (Å²) in [5.41, 5.74) is 6.00. The molecule has 0 atom stereocenters. The number of nitrogens with one attached hydrogen (secondary N) is 1. The monoisotopic (exact) mass is 272 g/mol. The van der Waals surface area contributed by atoms with Gasteiger partial charge in [0.1, 0.15) is 0 Å². The van der Waals surface area contributed by atoms with E-state index < -0.39 is 5.91 Å². The van der Waals surface area contributed by atoms with Crippen molar-refractivity contribution < 1.29 is 14.3 Å². The van der Waals surface area contributed by atoms with E-state index in [2.05, 4.69) is 5.32 Å². The third-order valence-corrected chi connectivity index (χ3v) is 2.51. The van der Waals surface area contributed by atoms with Gasteiger partial charge < -0.3 is 20.5 Å². The standard InChI is InChI=1S/C12H17ClN2O3/c1-3-15-6-8-4-9(13)12(10(5-8)17-2)18-7-11(14)16/h4-5,15H,3,6-7H2,1-2H3,(H2,14,16). The van der Waals surface area contributed by atoms with E-state index in [-0.39, 0.29) is 6.61 Å². The van der Waals surface area contributed by atoms with Crippen molar-refractivity contribution in [3.63, 3.8) is 0 Å². The molecule has 0 unspecified atom stereocenters. The summed E-state index contributed by atoms with van der Waals surface area (Å²) in [6.45, 7) is 3.33. The second-order valence-corrected chi connectivity index (χ2v) is 4.05. The molecular weight excluding hydrogens is 256 g/mol. The number of methoxy groups -OCH3 is 1. The summed E-state index contributed by atoms with van der Waals surface area (Å²) in [5, 5.41) is 3.58. The van der Waals surface area contributed by atoms with Gasteiger partial charge in [-0.25, -0.2) is 0 Å². The van der Waals surface area contributed by atoms with Crippen LogP contribution in [0.1, 0.15) is 12.5 Å². The summed E-state index contributed by atoms with van der Waals surface area (Å²) in [7, 11) is 1.51. The molecule has 100 valence electrons. The van der Waals surface area contributed by atoms with E-state index in [9.17, 15) is 4.79 Å². The molecule has 0 aromatic heterocycles. The van der Waals surface area contributed by atoms with Crippen molar-refractivity contribution in [2.45, 2.75) is 13.5 Å². The van der Waals surface area contributed by atoms with Crippen molar-refractivity contribution >= 4 is 17.5 Å². The first-order valence-electron chi connectivity index (χ1n) is 5.56. The number of nitrogens with two attached hydrogens (primary N) is 1. The van der Waals surface area contributed by atoms with E-state index in [1.165, 1.54) is 7.11 Å². The normalized spacial score (nSPS) is 10.2. The van der Waals surface area contributed by atoms with Crippen LogP contribution in [0, 0.1) is 0 Å². The van der Waals surface area contributed by atoms with Gasteiger partial charge in [-0.1, -0.05) is 18.5 Å². The first-order valence-corrected chi connectivity index (χ1v) is 5.94. The van der Waals surface area contributed by atoms with Crippen LogP contribution < -0.4 is 20.5 Å². The van der Waals surface area contributed by atoms with Crippen LogP contribution in [0.4, 0.5) is 0 Å². The summed E-state index contributed by atoms with van der Waals surface area (Å²) in [6.07, 6.45) is 0. The topological polar surface area (TPSA) is 73.6 Å². The van der Waals surface area contributed by atoms with Crippen molar-refractivity contribution in [2.75, 3.05) is 20.3 Å². The van der Waals surface area contributed by atoms with Gasteiger partial charge in [-0.2, -0.15) is 0 Å². The van der Waals surface area contributed by atoms with Crippen molar-refractivity contribution in [2.24, 2.45) is 5.73 Å². The van der Waals surface area contributed by atoms with Crippen molar-refractivity contribution in [3.05, 3.63) is 22.7 Å². The van der Waals surface area contributed by atoms with Crippen molar-refractivity contribution in [1.82, 2.24) is 5.32 Å². The Morgan fingerprint density at radius 2 is 2.22 bits per heavy atom. The summed E-state index contributed by atoms with van der Waals surface area (Å²) < 4.78 is 10.4. The zero-order chi connectivity index (χ0) is 13.5. The second-order valence-electron chi connectivity index (χ2n) is 3.64. The van der Waals surface area contributed by atoms with Gasteiger partial charge in [0.05, 0.1) is 12.1 Å². The number of hydrogen-bond donors (Lipinski definition) is 2. The molecule has 0 heterocycles. The quantitative estimate of drug-likeness (QED) is 0.785. The third-order valence-electron chi connectivity index (χ3n) is 2.23. The Morgan fingerprint density at radius 1 is 1.50 bits per heavy atom. The number of amides is 1. The van der Waals surface area contributed by atoms with Gasteiger partial charge in [-0.15, -0.1) is 0 Å². The Hall–Kier alpha value is -1.46. The highest BCUT2D eigenvalue weighted by Gasteiger charge is 2.12. The predicted octanol–water partition coefficient (Wildman–Crippen LogP) is 1.32. The largest absolute Gasteiger partial charge is 0.493 e. The molecule has 6 heteroatoms. The van der Waals surface area contributed by atoms with Crippen molar-refractivity contribution in [1.29, 1.82) is 0 Å². The van der Waals surface area contributed by atoms with Crippen LogP contribution in [0.5, 0.6) is 11.5 Å². The number of primary amides is 1. The number of halogens is 1. The molecule has 0 spiro atoms. The molecule has 0 saturated heterocycles. The minimum absolute atomic E-state index is 0.233. The fourth-order valence-corrected chi connectivity index (χ4v) is 1.72. The molecule has 0 bridgehead atoms. The lowest BCUT2D eigenvalue weighted by Gasteiger charge is -2.13. The highest BCUT2D eigenvalue weighted by molar-refractivity contribution is 6.32. The molecule has 0 aliphatic rings. The second kappa shape index (κ2) is 7.08. The Morgan fingerprint density at radius 3 is 2.78 bits per heavy atom. The molecule has 0 aliphatic carbocycles. The lowest BCUT2D eigenvalue weighted by atomic mass is 10.2. The molecule has 1 amide bonds. The highest BCUT2D eigenvalue weighted by Crippen LogP contribution is 2.36. The fraction of sp³-hybridized carbons (Fsp3) is 0.417. The maximum absolute atomic E-state index is 10.7. The van der Waals surface area contributed by atoms with Crippen LogP contribution in [0.3, 0.4) is 0 Å². The van der Waals surface area contributed by atoms with Crippen LogP contribution in [-0.2, 0) is 11.3 Å². The van der Waals surface area contributed by atoms with Crippen LogP contribution in [0.2, 0.25) is 5.02 Å². The number of rotatable bonds is 7. The fourth-order valence-electron chi connectivity index (χ4n) is 1.43. The van der Waals surface area contributed by atoms with Crippen LogP contribution in [0.25, 0.3) is 0 Å². The molecule has 1 rings (SSSR count). The number of carbonyl (C=O) groups excluding carboxylic acids is 1. The summed E-state index contributed by atoms with van der Waals surface area (Å²) in [5.74, 6) is 0.250. The lowest BCUT2D eigenvalue weighted by Crippen LogP contribution is -2.20. The zero-order valence-corrected chi connectivity index (χ0v) is 11.2. The van der Waals surface area contributed by atoms with Crippen molar-refractivity contribution in [3.8, 4) is 11.5 Å². The van der Waals surface area contributed by atoms with Gasteiger partial charge in [0, 0.05) is 6.54 Å². The van der Waals surface area contributed by atoms with E-state index in [0.29, 0.717) is 23.1 Å². The molecular formula is C12H17ClN2O3. The van der Waals surface area contributed by atoms with Crippen LogP contribution in [-0.4, -0.2) is 26.2 Å². The number of hydrogen-bond acceptors (Lipinski definition) is 4. The molecule has 0 radical (unpaired) electrons. The zero-order valence-electron chi connectivity index (χ0n) is 10.5. The lowest BCUT2D eigenvalue weighted by molar-refractivity contribution is -0.119. The van der Waals surface area contributed by atoms with E-state index in [0.717, 1.165) is 12.1 Å². The summed E-state index contributed by atoms with van der Waals surface area (Å²) in [6, 6.07) is 3.58. The SMILES string of the molecule is CCNCc1cc(Cl)c(OCC(N)=O)c(OC)c1. The number of benzene rings is 1. The molecule has 18 heavy (non-hydrogen) atoms. The van der Waals surface area contributed by atoms with Crippen LogP contribution in [0.15, 0.2) is 12.1 Å². The van der Waals surface area contributed by atoms with E-state index in [4.69, 9.17) is 26.8 Å². The molecule has 0 fully saturated rings. The van der Waals surface area contributed by atoms with Gasteiger partial charge in [-0.3, -0.25) is 4.79 Å². The maximum atomic E-state index is 10.7. The first kappa shape index (κ1) is 14.6. The number of carbonyl (C=O) groups is 1. The van der Waals surface area contributed by atoms with Gasteiger partial charge >= 0.3 is 0 Å². The Balaban J connectivity index is 2.92. The Labute approximate surface area is 111 Å². The summed E-state index contributed by atoms with van der Waals surface area (Å²) in [4.78, 5) is 10.7. The van der Waals surface area contributed by atoms with Crippen LogP contribution >= 0.6 is 11.6 Å². The van der Waals surface area contributed by atoms with Gasteiger partial charge in [0.15, 0.2) is 18.1 Å². The average Bonchev–Trinajstić information content (AvgIpc) is 2.34. The van der Waals surface area contributed by atoms with Gasteiger partial charge in [0.2, 0.25) is 0 Å². The van der Waals surface area contributed by atoms with E-state index >= 15 is 0 Å². The van der Waals surface area contributed by atoms with Gasteiger partial charge in [0.25, 0.3) is 5.91 Å².